The molecular weight excluding hydrogens is 231 g/mol. The van der Waals surface area contributed by atoms with E-state index in [4.69, 9.17) is 5.11 Å². The van der Waals surface area contributed by atoms with E-state index in [-0.39, 0.29) is 5.82 Å². The van der Waals surface area contributed by atoms with Crippen LogP contribution in [0.25, 0.3) is 11.1 Å². The molecule has 2 nitrogen and oxygen atoms in total. The van der Waals surface area contributed by atoms with Gasteiger partial charge in [0.15, 0.2) is 0 Å². The van der Waals surface area contributed by atoms with Gasteiger partial charge in [0.2, 0.25) is 0 Å². The molecule has 0 unspecified atom stereocenters. The Kier molecular flexibility index (Phi) is 3.42. The minimum Gasteiger partial charge on any atom is -0.481 e. The topological polar surface area (TPSA) is 37.3 Å². The maximum absolute atomic E-state index is 13.1. The van der Waals surface area contributed by atoms with E-state index in [1.165, 1.54) is 12.1 Å². The van der Waals surface area contributed by atoms with Crippen molar-refractivity contribution in [1.82, 2.24) is 0 Å². The van der Waals surface area contributed by atoms with Gasteiger partial charge < -0.3 is 5.11 Å². The second-order valence-corrected chi connectivity index (χ2v) is 4.19. The first-order valence-electron chi connectivity index (χ1n) is 5.66. The highest BCUT2D eigenvalue weighted by Crippen LogP contribution is 2.23. The van der Waals surface area contributed by atoms with E-state index in [9.17, 15) is 9.18 Å². The molecule has 2 aromatic carbocycles. The molecule has 0 fully saturated rings. The summed E-state index contributed by atoms with van der Waals surface area (Å²) >= 11 is 0. The van der Waals surface area contributed by atoms with Crippen LogP contribution in [-0.2, 0) is 4.79 Å². The SMILES string of the molecule is C[C@H](C(=O)O)c1ccc(-c2cccc(F)c2)cc1. The van der Waals surface area contributed by atoms with Crippen LogP contribution in [0.1, 0.15) is 18.4 Å². The summed E-state index contributed by atoms with van der Waals surface area (Å²) in [5.41, 5.74) is 2.39. The van der Waals surface area contributed by atoms with Crippen molar-refractivity contribution in [3.8, 4) is 11.1 Å². The highest BCUT2D eigenvalue weighted by Gasteiger charge is 2.13. The zero-order chi connectivity index (χ0) is 13.1. The van der Waals surface area contributed by atoms with Crippen LogP contribution in [-0.4, -0.2) is 11.1 Å². The molecule has 1 atom stereocenters. The fraction of sp³-hybridized carbons (Fsp3) is 0.133. The maximum Gasteiger partial charge on any atom is 0.310 e. The van der Waals surface area contributed by atoms with Crippen LogP contribution < -0.4 is 0 Å². The first-order chi connectivity index (χ1) is 8.58. The monoisotopic (exact) mass is 244 g/mol. The molecule has 0 saturated carbocycles. The van der Waals surface area contributed by atoms with E-state index in [0.29, 0.717) is 0 Å². The summed E-state index contributed by atoms with van der Waals surface area (Å²) in [7, 11) is 0. The second kappa shape index (κ2) is 5.00. The van der Waals surface area contributed by atoms with E-state index in [1.807, 2.05) is 18.2 Å². The fourth-order valence-corrected chi connectivity index (χ4v) is 1.77. The summed E-state index contributed by atoms with van der Waals surface area (Å²) in [5.74, 6) is -1.67. The first-order valence-corrected chi connectivity index (χ1v) is 5.66. The molecule has 0 amide bonds. The van der Waals surface area contributed by atoms with Gasteiger partial charge in [-0.05, 0) is 35.7 Å². The van der Waals surface area contributed by atoms with Gasteiger partial charge in [0.05, 0.1) is 5.92 Å². The highest BCUT2D eigenvalue weighted by atomic mass is 19.1. The lowest BCUT2D eigenvalue weighted by molar-refractivity contribution is -0.138. The van der Waals surface area contributed by atoms with Crippen molar-refractivity contribution in [3.63, 3.8) is 0 Å². The summed E-state index contributed by atoms with van der Waals surface area (Å²) in [6.07, 6.45) is 0. The normalized spacial score (nSPS) is 12.1. The van der Waals surface area contributed by atoms with E-state index >= 15 is 0 Å². The molecule has 0 aliphatic heterocycles. The Morgan fingerprint density at radius 2 is 1.78 bits per heavy atom. The first kappa shape index (κ1) is 12.3. The Labute approximate surface area is 105 Å². The van der Waals surface area contributed by atoms with Crippen LogP contribution in [0.4, 0.5) is 4.39 Å². The molecule has 0 bridgehead atoms. The summed E-state index contributed by atoms with van der Waals surface area (Å²) in [6.45, 7) is 1.64. The number of carbonyl (C=O) groups is 1. The summed E-state index contributed by atoms with van der Waals surface area (Å²) in [6, 6.07) is 13.5. The standard InChI is InChI=1S/C15H13FO2/c1-10(15(17)18)11-5-7-12(8-6-11)13-3-2-4-14(16)9-13/h2-10H,1H3,(H,17,18)/t10-/m0/s1. The minimum atomic E-state index is -0.853. The van der Waals surface area contributed by atoms with Crippen molar-refractivity contribution >= 4 is 5.97 Å². The Bertz CT molecular complexity index is 561. The molecule has 1 N–H and O–H groups in total. The lowest BCUT2D eigenvalue weighted by atomic mass is 9.98. The van der Waals surface area contributed by atoms with Gasteiger partial charge in [-0.3, -0.25) is 4.79 Å². The van der Waals surface area contributed by atoms with Gasteiger partial charge in [-0.1, -0.05) is 36.4 Å². The van der Waals surface area contributed by atoms with Crippen molar-refractivity contribution in [3.05, 3.63) is 59.9 Å². The Balaban J connectivity index is 2.30. The van der Waals surface area contributed by atoms with Crippen LogP contribution in [0.15, 0.2) is 48.5 Å². The predicted molar refractivity (Wildman–Crippen MR) is 67.9 cm³/mol. The molecule has 0 aliphatic carbocycles. The van der Waals surface area contributed by atoms with Crippen molar-refractivity contribution in [2.75, 3.05) is 0 Å². The van der Waals surface area contributed by atoms with Gasteiger partial charge in [-0.2, -0.15) is 0 Å². The van der Waals surface area contributed by atoms with Crippen LogP contribution in [0.2, 0.25) is 0 Å². The van der Waals surface area contributed by atoms with E-state index in [0.717, 1.165) is 16.7 Å². The van der Waals surface area contributed by atoms with Gasteiger partial charge in [-0.15, -0.1) is 0 Å². The Morgan fingerprint density at radius 3 is 2.33 bits per heavy atom. The van der Waals surface area contributed by atoms with E-state index in [2.05, 4.69) is 0 Å². The van der Waals surface area contributed by atoms with E-state index in [1.54, 1.807) is 25.1 Å². The smallest absolute Gasteiger partial charge is 0.310 e. The summed E-state index contributed by atoms with van der Waals surface area (Å²) in [5, 5.41) is 8.91. The number of hydrogen-bond acceptors (Lipinski definition) is 1. The molecule has 2 aromatic rings. The lowest BCUT2D eigenvalue weighted by Gasteiger charge is -2.08. The number of aliphatic carboxylic acids is 1. The van der Waals surface area contributed by atoms with Gasteiger partial charge in [-0.25, -0.2) is 4.39 Å². The predicted octanol–water partition coefficient (Wildman–Crippen LogP) is 3.68. The fourth-order valence-electron chi connectivity index (χ4n) is 1.77. The molecule has 0 radical (unpaired) electrons. The molecule has 2 rings (SSSR count). The van der Waals surface area contributed by atoms with Gasteiger partial charge >= 0.3 is 5.97 Å². The molecular formula is C15H13FO2. The van der Waals surface area contributed by atoms with Crippen LogP contribution >= 0.6 is 0 Å². The molecule has 0 heterocycles. The number of carboxylic acids is 1. The van der Waals surface area contributed by atoms with Crippen LogP contribution in [0, 0.1) is 5.82 Å². The molecule has 0 aliphatic rings. The molecule has 92 valence electrons. The molecule has 0 spiro atoms. The van der Waals surface area contributed by atoms with Crippen molar-refractivity contribution in [2.45, 2.75) is 12.8 Å². The third kappa shape index (κ3) is 2.56. The zero-order valence-corrected chi connectivity index (χ0v) is 9.93. The van der Waals surface area contributed by atoms with Crippen molar-refractivity contribution in [1.29, 1.82) is 0 Å². The number of halogens is 1. The third-order valence-electron chi connectivity index (χ3n) is 2.94. The van der Waals surface area contributed by atoms with Gasteiger partial charge in [0.1, 0.15) is 5.82 Å². The second-order valence-electron chi connectivity index (χ2n) is 4.19. The minimum absolute atomic E-state index is 0.282. The quantitative estimate of drug-likeness (QED) is 0.894. The highest BCUT2D eigenvalue weighted by molar-refractivity contribution is 5.76. The Hall–Kier alpha value is -2.16. The van der Waals surface area contributed by atoms with E-state index < -0.39 is 11.9 Å². The molecule has 3 heteroatoms. The van der Waals surface area contributed by atoms with Crippen molar-refractivity contribution < 1.29 is 14.3 Å². The van der Waals surface area contributed by atoms with Gasteiger partial charge in [0, 0.05) is 0 Å². The largest absolute Gasteiger partial charge is 0.481 e. The Morgan fingerprint density at radius 1 is 1.11 bits per heavy atom. The maximum atomic E-state index is 13.1. The summed E-state index contributed by atoms with van der Waals surface area (Å²) in [4.78, 5) is 10.8. The number of hydrogen-bond donors (Lipinski definition) is 1. The number of benzene rings is 2. The summed E-state index contributed by atoms with van der Waals surface area (Å²) < 4.78 is 13.1. The van der Waals surface area contributed by atoms with Crippen LogP contribution in [0.5, 0.6) is 0 Å². The number of carboxylic acid groups (broad SMARTS) is 1. The zero-order valence-electron chi connectivity index (χ0n) is 9.93. The average molecular weight is 244 g/mol. The molecule has 0 saturated heterocycles. The van der Waals surface area contributed by atoms with Crippen LogP contribution in [0.3, 0.4) is 0 Å². The molecule has 18 heavy (non-hydrogen) atoms. The van der Waals surface area contributed by atoms with Crippen molar-refractivity contribution in [2.24, 2.45) is 0 Å². The molecule has 0 aromatic heterocycles. The lowest BCUT2D eigenvalue weighted by Crippen LogP contribution is -2.06. The number of rotatable bonds is 3. The average Bonchev–Trinajstić information content (AvgIpc) is 2.38. The van der Waals surface area contributed by atoms with Gasteiger partial charge in [0.25, 0.3) is 0 Å². The third-order valence-corrected chi connectivity index (χ3v) is 2.94.